The molecule has 14 heteroatoms. The van der Waals surface area contributed by atoms with Gasteiger partial charge < -0.3 is 35.4 Å². The van der Waals surface area contributed by atoms with E-state index in [1.807, 2.05) is 32.2 Å². The lowest BCUT2D eigenvalue weighted by atomic mass is 9.63. The number of amides is 3. The standard InChI is InChI=1S/C26H38N4O.C24H37FN2O2.C24H35FN2O.3H2/c1-19-18-23(28-29(19)5)24(31)27-22-10-11-26(21-9-7-6-8-20(21)22)13-16-30(17-14-26)15-12-25(2,3)4;1-23(2,3)10-13-27-14-11-24(12-15-27)9-7-21(26-22(28)8-16-29-4)19-6-5-18(25)17-20(19)24;1-23(2,3)10-13-27-14-11-24(12-15-27)9-8-21(26-22(28)17-4-5-17)19-7-6-18(25)16-20(19)24;;;/h6-9,18,22H,10-17H2,1-5H3,(H,27,31);5-6,17,21H,7-16H2,1-4H3,(H,26,28);6-7,16-17,21H,4-5,8-15H2,1-3H3,(H,26,28);3*1H/t22-;2*21-;;;/m101.../s1. The van der Waals surface area contributed by atoms with E-state index < -0.39 is 0 Å². The number of fused-ring (bicyclic) bond motifs is 6. The SMILES string of the molecule is CC(C)(C)CCN1CCC2(CC[C@@H](NC(=O)C3CC3)c3ccc(F)cc32)CC1.COCCC(=O)N[C@H]1CCC2(CCN(CCC(C)(C)C)CC2)c2cc(F)ccc21.Cc1cc(C(=O)N[C@@H]2CCC3(CCN(CCC(C)(C)C)CC3)c3ccccc32)nn1C.[HH].[HH].[HH]. The first-order valence-electron chi connectivity index (χ1n) is 33.9. The number of aryl methyl sites for hydroxylation is 2. The van der Waals surface area contributed by atoms with Crippen molar-refractivity contribution in [2.45, 2.75) is 219 Å². The van der Waals surface area contributed by atoms with Crippen LogP contribution in [0, 0.1) is 40.7 Å². The normalized spacial score (nSPS) is 22.5. The molecule has 3 aromatic carbocycles. The van der Waals surface area contributed by atoms with E-state index in [1.165, 1.54) is 68.9 Å². The van der Waals surface area contributed by atoms with Crippen LogP contribution < -0.4 is 16.0 Å². The highest BCUT2D eigenvalue weighted by Gasteiger charge is 2.46. The van der Waals surface area contributed by atoms with E-state index in [-0.39, 0.29) is 73.9 Å². The highest BCUT2D eigenvalue weighted by Crippen LogP contribution is 2.51. The van der Waals surface area contributed by atoms with Crippen molar-refractivity contribution in [3.8, 4) is 0 Å². The number of aromatic nitrogens is 2. The van der Waals surface area contributed by atoms with Crippen LogP contribution in [0.5, 0.6) is 0 Å². The molecule has 3 atom stereocenters. The second-order valence-electron chi connectivity index (χ2n) is 31.5. The molecule has 490 valence electrons. The summed E-state index contributed by atoms with van der Waals surface area (Å²) in [4.78, 5) is 45.2. The van der Waals surface area contributed by atoms with Crippen molar-refractivity contribution < 1.29 is 32.2 Å². The van der Waals surface area contributed by atoms with Gasteiger partial charge in [-0.3, -0.25) is 19.1 Å². The van der Waals surface area contributed by atoms with Gasteiger partial charge in [0.2, 0.25) is 11.8 Å². The van der Waals surface area contributed by atoms with Crippen molar-refractivity contribution in [3.05, 3.63) is 123 Å². The summed E-state index contributed by atoms with van der Waals surface area (Å²) < 4.78 is 35.2. The lowest BCUT2D eigenvalue weighted by Crippen LogP contribution is -2.47. The molecule has 3 N–H and O–H groups in total. The van der Waals surface area contributed by atoms with E-state index in [2.05, 4.69) is 122 Å². The average molecular weight is 1220 g/mol. The number of carbonyl (C=O) groups is 3. The number of nitrogens with one attached hydrogen (secondary N) is 3. The fraction of sp³-hybridized carbons (Fsp3) is 0.676. The van der Waals surface area contributed by atoms with Gasteiger partial charge >= 0.3 is 0 Å². The molecule has 4 heterocycles. The van der Waals surface area contributed by atoms with Crippen LogP contribution in [0.25, 0.3) is 0 Å². The maximum Gasteiger partial charge on any atom is 0.272 e. The number of nitrogens with zero attached hydrogens (tertiary/aromatic N) is 5. The van der Waals surface area contributed by atoms with Gasteiger partial charge in [-0.2, -0.15) is 5.10 Å². The number of rotatable bonds is 14. The number of halogens is 2. The van der Waals surface area contributed by atoms with Crippen molar-refractivity contribution in [1.82, 2.24) is 40.4 Å². The Hall–Kier alpha value is -5.02. The van der Waals surface area contributed by atoms with Gasteiger partial charge in [0.25, 0.3) is 5.91 Å². The van der Waals surface area contributed by atoms with Gasteiger partial charge in [-0.25, -0.2) is 8.78 Å². The molecule has 3 spiro atoms. The van der Waals surface area contributed by atoms with Crippen LogP contribution in [-0.4, -0.2) is 115 Å². The minimum Gasteiger partial charge on any atom is -0.384 e. The first kappa shape index (κ1) is 67.4. The molecule has 7 aliphatic rings. The number of carbonyl (C=O) groups excluding carboxylic acids is 3. The Kier molecular flexibility index (Phi) is 21.6. The van der Waals surface area contributed by atoms with Crippen LogP contribution in [0.1, 0.15) is 250 Å². The molecular weight excluding hydrogens is 1100 g/mol. The molecule has 3 aliphatic heterocycles. The third-order valence-electron chi connectivity index (χ3n) is 21.3. The summed E-state index contributed by atoms with van der Waals surface area (Å²) in [7, 11) is 3.48. The number of hydrogen-bond donors (Lipinski definition) is 3. The maximum atomic E-state index is 14.2. The zero-order chi connectivity index (χ0) is 63.2. The predicted molar refractivity (Wildman–Crippen MR) is 357 cm³/mol. The second kappa shape index (κ2) is 28.2. The largest absolute Gasteiger partial charge is 0.384 e. The van der Waals surface area contributed by atoms with Gasteiger partial charge in [-0.05, 0) is 271 Å². The average Bonchev–Trinajstić information content (AvgIpc) is 1.36. The topological polar surface area (TPSA) is 124 Å². The van der Waals surface area contributed by atoms with Crippen LogP contribution in [0.2, 0.25) is 0 Å². The molecule has 4 aromatic rings. The fourth-order valence-electron chi connectivity index (χ4n) is 15.1. The summed E-state index contributed by atoms with van der Waals surface area (Å²) in [6, 6.07) is 21.1. The molecule has 4 fully saturated rings. The van der Waals surface area contributed by atoms with E-state index in [0.717, 1.165) is 144 Å². The first-order valence-corrected chi connectivity index (χ1v) is 33.9. The smallest absolute Gasteiger partial charge is 0.272 e. The molecule has 3 amide bonds. The molecule has 0 unspecified atom stereocenters. The van der Waals surface area contributed by atoms with Gasteiger partial charge in [0.1, 0.15) is 17.3 Å². The van der Waals surface area contributed by atoms with Gasteiger partial charge in [-0.1, -0.05) is 98.7 Å². The second-order valence-corrected chi connectivity index (χ2v) is 31.5. The molecule has 1 aromatic heterocycles. The molecule has 0 radical (unpaired) electrons. The Morgan fingerprint density at radius 2 is 0.966 bits per heavy atom. The van der Waals surface area contributed by atoms with Crippen molar-refractivity contribution in [2.75, 3.05) is 72.6 Å². The Labute approximate surface area is 532 Å². The molecule has 0 bridgehead atoms. The zero-order valence-electron chi connectivity index (χ0n) is 56.1. The van der Waals surface area contributed by atoms with Crippen molar-refractivity contribution in [3.63, 3.8) is 0 Å². The lowest BCUT2D eigenvalue weighted by Gasteiger charge is -2.47. The molecule has 12 nitrogen and oxygen atoms in total. The summed E-state index contributed by atoms with van der Waals surface area (Å²) >= 11 is 0. The molecule has 11 rings (SSSR count). The van der Waals surface area contributed by atoms with Gasteiger partial charge in [0, 0.05) is 36.5 Å². The number of likely N-dealkylation sites (tertiary alicyclic amines) is 3. The monoisotopic (exact) mass is 1220 g/mol. The Bertz CT molecular complexity index is 3000. The Balaban J connectivity index is 0.000000214. The summed E-state index contributed by atoms with van der Waals surface area (Å²) in [5.74, 6) is 0.00250. The quantitative estimate of drug-likeness (QED) is 0.114. The number of methoxy groups -OCH3 is 1. The fourth-order valence-corrected chi connectivity index (χ4v) is 15.1. The predicted octanol–water partition coefficient (Wildman–Crippen LogP) is 15.0. The molecule has 1 saturated carbocycles. The Morgan fingerprint density at radius 1 is 0.557 bits per heavy atom. The number of hydrogen-bond acceptors (Lipinski definition) is 8. The Morgan fingerprint density at radius 3 is 1.38 bits per heavy atom. The van der Waals surface area contributed by atoms with Crippen LogP contribution in [0.4, 0.5) is 8.78 Å². The van der Waals surface area contributed by atoms with Crippen molar-refractivity contribution in [2.24, 2.45) is 29.2 Å². The van der Waals surface area contributed by atoms with Gasteiger partial charge in [-0.15, -0.1) is 0 Å². The maximum absolute atomic E-state index is 14.2. The van der Waals surface area contributed by atoms with Gasteiger partial charge in [0.05, 0.1) is 24.7 Å². The third-order valence-corrected chi connectivity index (χ3v) is 21.3. The summed E-state index contributed by atoms with van der Waals surface area (Å²) in [5.41, 5.74) is 10.3. The van der Waals surface area contributed by atoms with Crippen LogP contribution >= 0.6 is 0 Å². The molecule has 3 saturated heterocycles. The van der Waals surface area contributed by atoms with E-state index >= 15 is 0 Å². The minimum atomic E-state index is -0.176. The molecule has 4 aliphatic carbocycles. The van der Waals surface area contributed by atoms with Crippen molar-refractivity contribution in [1.29, 1.82) is 0 Å². The van der Waals surface area contributed by atoms with Crippen LogP contribution in [0.15, 0.2) is 66.7 Å². The van der Waals surface area contributed by atoms with E-state index in [9.17, 15) is 23.2 Å². The van der Waals surface area contributed by atoms with Crippen LogP contribution in [-0.2, 0) is 37.6 Å². The zero-order valence-corrected chi connectivity index (χ0v) is 56.1. The van der Waals surface area contributed by atoms with Crippen LogP contribution in [0.3, 0.4) is 0 Å². The number of piperidine rings is 3. The lowest BCUT2D eigenvalue weighted by molar-refractivity contribution is -0.123. The van der Waals surface area contributed by atoms with E-state index in [1.54, 1.807) is 30.0 Å². The van der Waals surface area contributed by atoms with Gasteiger partial charge in [0.15, 0.2) is 0 Å². The minimum absolute atomic E-state index is 0. The summed E-state index contributed by atoms with van der Waals surface area (Å²) in [5, 5.41) is 14.0. The highest BCUT2D eigenvalue weighted by molar-refractivity contribution is 5.92. The third kappa shape index (κ3) is 17.3. The van der Waals surface area contributed by atoms with E-state index in [0.29, 0.717) is 35.0 Å². The summed E-state index contributed by atoms with van der Waals surface area (Å²) in [6.07, 6.45) is 18.9. The number of ether oxygens (including phenoxy) is 1. The van der Waals surface area contributed by atoms with E-state index in [4.69, 9.17) is 4.74 Å². The number of benzene rings is 3. The van der Waals surface area contributed by atoms with Crippen molar-refractivity contribution >= 4 is 17.7 Å². The highest BCUT2D eigenvalue weighted by atomic mass is 19.1. The summed E-state index contributed by atoms with van der Waals surface area (Å²) in [6.45, 7) is 33.3. The molecule has 88 heavy (non-hydrogen) atoms. The molecular formula is C74H116F2N8O4. The first-order chi connectivity index (χ1) is 41.6.